The van der Waals surface area contributed by atoms with E-state index in [9.17, 15) is 19.8 Å². The van der Waals surface area contributed by atoms with Crippen LogP contribution in [0, 0.1) is 0 Å². The van der Waals surface area contributed by atoms with Gasteiger partial charge >= 0.3 is 5.97 Å². The summed E-state index contributed by atoms with van der Waals surface area (Å²) in [6.45, 7) is 6.44. The predicted octanol–water partition coefficient (Wildman–Crippen LogP) is 17.3. The molecule has 0 aromatic heterocycles. The standard InChI is InChI=1S/C60H107NO5/c1-4-7-10-13-16-19-22-25-27-29-31-33-35-38-41-44-47-50-53-60(65)66-56(51-48-45-42-39-36-34-32-30-28-26-23-20-17-14-11-8-5-2)54-59(64)61-57(55-62)58(63)52-49-46-43-40-37-24-21-18-15-12-9-6-3/h17,20,22,25-29,31-34,56-58,62-63H,4-16,18-19,21,23-24,30,35-55H2,1-3H3,(H,61,64)/b20-17-,25-22+,28-26-,29-27+,33-31+,34-32-. The highest BCUT2D eigenvalue weighted by molar-refractivity contribution is 5.77. The van der Waals surface area contributed by atoms with Crippen molar-refractivity contribution >= 4 is 11.9 Å². The van der Waals surface area contributed by atoms with Crippen LogP contribution in [0.4, 0.5) is 0 Å². The summed E-state index contributed by atoms with van der Waals surface area (Å²) in [7, 11) is 0. The molecule has 3 atom stereocenters. The van der Waals surface area contributed by atoms with Gasteiger partial charge in [0.1, 0.15) is 6.10 Å². The predicted molar refractivity (Wildman–Crippen MR) is 287 cm³/mol. The van der Waals surface area contributed by atoms with Gasteiger partial charge in [-0.15, -0.1) is 0 Å². The molecule has 3 N–H and O–H groups in total. The van der Waals surface area contributed by atoms with E-state index < -0.39 is 18.2 Å². The average molecular weight is 923 g/mol. The van der Waals surface area contributed by atoms with Gasteiger partial charge in [0.15, 0.2) is 0 Å². The van der Waals surface area contributed by atoms with Crippen LogP contribution in [0.3, 0.4) is 0 Å². The van der Waals surface area contributed by atoms with Gasteiger partial charge in [0.2, 0.25) is 5.91 Å². The first-order valence-corrected chi connectivity index (χ1v) is 28.2. The van der Waals surface area contributed by atoms with Crippen molar-refractivity contribution in [3.05, 3.63) is 72.9 Å². The quantitative estimate of drug-likeness (QED) is 0.0244. The number of unbranched alkanes of at least 4 members (excludes halogenated alkanes) is 28. The van der Waals surface area contributed by atoms with Crippen molar-refractivity contribution in [2.45, 2.75) is 289 Å². The highest BCUT2D eigenvalue weighted by atomic mass is 16.5. The third-order valence-corrected chi connectivity index (χ3v) is 12.6. The molecule has 0 aliphatic heterocycles. The molecule has 66 heavy (non-hydrogen) atoms. The lowest BCUT2D eigenvalue weighted by Gasteiger charge is -2.24. The largest absolute Gasteiger partial charge is 0.462 e. The van der Waals surface area contributed by atoms with Crippen LogP contribution < -0.4 is 5.32 Å². The second kappa shape index (κ2) is 53.3. The Labute approximate surface area is 409 Å². The second-order valence-electron chi connectivity index (χ2n) is 19.0. The van der Waals surface area contributed by atoms with Crippen molar-refractivity contribution < 1.29 is 24.5 Å². The lowest BCUT2D eigenvalue weighted by atomic mass is 10.0. The third-order valence-electron chi connectivity index (χ3n) is 12.6. The molecule has 0 saturated heterocycles. The van der Waals surface area contributed by atoms with Crippen molar-refractivity contribution in [1.29, 1.82) is 0 Å². The summed E-state index contributed by atoms with van der Waals surface area (Å²) < 4.78 is 5.94. The molecule has 0 aromatic carbocycles. The normalized spacial score (nSPS) is 13.7. The minimum Gasteiger partial charge on any atom is -0.462 e. The lowest BCUT2D eigenvalue weighted by molar-refractivity contribution is -0.151. The Morgan fingerprint density at radius 2 is 0.833 bits per heavy atom. The molecule has 0 aromatic rings. The van der Waals surface area contributed by atoms with E-state index in [2.05, 4.69) is 99.0 Å². The smallest absolute Gasteiger partial charge is 0.306 e. The van der Waals surface area contributed by atoms with E-state index in [1.54, 1.807) is 0 Å². The first kappa shape index (κ1) is 63.3. The summed E-state index contributed by atoms with van der Waals surface area (Å²) in [6, 6.07) is -0.717. The van der Waals surface area contributed by atoms with E-state index in [1.165, 1.54) is 122 Å². The van der Waals surface area contributed by atoms with E-state index in [1.807, 2.05) is 0 Å². The minimum absolute atomic E-state index is 0.0522. The summed E-state index contributed by atoms with van der Waals surface area (Å²) in [5.74, 6) is -0.516. The number of carbonyl (C=O) groups excluding carboxylic acids is 2. The summed E-state index contributed by atoms with van der Waals surface area (Å²) >= 11 is 0. The van der Waals surface area contributed by atoms with Crippen LogP contribution in [0.2, 0.25) is 0 Å². The molecule has 6 nitrogen and oxygen atoms in total. The van der Waals surface area contributed by atoms with Gasteiger partial charge in [0.25, 0.3) is 0 Å². The van der Waals surface area contributed by atoms with Crippen LogP contribution >= 0.6 is 0 Å². The first-order valence-electron chi connectivity index (χ1n) is 28.2. The van der Waals surface area contributed by atoms with Gasteiger partial charge in [-0.25, -0.2) is 0 Å². The molecule has 6 heteroatoms. The number of allylic oxidation sites excluding steroid dienone is 12. The van der Waals surface area contributed by atoms with Crippen LogP contribution in [0.1, 0.15) is 271 Å². The zero-order valence-electron chi connectivity index (χ0n) is 43.6. The molecule has 0 aliphatic carbocycles. The monoisotopic (exact) mass is 922 g/mol. The summed E-state index contributed by atoms with van der Waals surface area (Å²) in [5, 5.41) is 23.8. The number of esters is 1. The molecule has 0 rings (SSSR count). The maximum atomic E-state index is 13.2. The molecular formula is C60H107NO5. The number of hydrogen-bond acceptors (Lipinski definition) is 5. The Morgan fingerprint density at radius 3 is 1.32 bits per heavy atom. The highest BCUT2D eigenvalue weighted by Crippen LogP contribution is 2.17. The molecule has 0 aliphatic rings. The highest BCUT2D eigenvalue weighted by Gasteiger charge is 2.24. The van der Waals surface area contributed by atoms with E-state index in [0.29, 0.717) is 19.3 Å². The Balaban J connectivity index is 4.67. The molecule has 0 fully saturated rings. The maximum Gasteiger partial charge on any atom is 0.306 e. The molecule has 0 saturated carbocycles. The van der Waals surface area contributed by atoms with E-state index in [4.69, 9.17) is 4.74 Å². The van der Waals surface area contributed by atoms with Gasteiger partial charge in [-0.3, -0.25) is 9.59 Å². The Morgan fingerprint density at radius 1 is 0.455 bits per heavy atom. The molecule has 382 valence electrons. The third kappa shape index (κ3) is 47.8. The molecule has 3 unspecified atom stereocenters. The van der Waals surface area contributed by atoms with Gasteiger partial charge in [-0.2, -0.15) is 0 Å². The fourth-order valence-corrected chi connectivity index (χ4v) is 8.26. The average Bonchev–Trinajstić information content (AvgIpc) is 3.31. The van der Waals surface area contributed by atoms with Gasteiger partial charge in [-0.1, -0.05) is 241 Å². The van der Waals surface area contributed by atoms with Crippen molar-refractivity contribution in [2.24, 2.45) is 0 Å². The van der Waals surface area contributed by atoms with Crippen LogP contribution in [0.5, 0.6) is 0 Å². The van der Waals surface area contributed by atoms with Crippen LogP contribution in [-0.2, 0) is 14.3 Å². The van der Waals surface area contributed by atoms with Gasteiger partial charge in [0, 0.05) is 6.42 Å². The molecule has 0 bridgehead atoms. The number of carbonyl (C=O) groups is 2. The van der Waals surface area contributed by atoms with Crippen molar-refractivity contribution in [3.63, 3.8) is 0 Å². The number of aliphatic hydroxyl groups is 2. The molecule has 0 spiro atoms. The van der Waals surface area contributed by atoms with Gasteiger partial charge in [-0.05, 0) is 89.9 Å². The fraction of sp³-hybridized carbons (Fsp3) is 0.767. The maximum absolute atomic E-state index is 13.2. The lowest BCUT2D eigenvalue weighted by Crippen LogP contribution is -2.46. The Kier molecular flexibility index (Phi) is 51.1. The molecule has 0 radical (unpaired) electrons. The number of amides is 1. The second-order valence-corrected chi connectivity index (χ2v) is 19.0. The topological polar surface area (TPSA) is 95.9 Å². The van der Waals surface area contributed by atoms with Gasteiger partial charge < -0.3 is 20.3 Å². The molecular weight excluding hydrogens is 815 g/mol. The van der Waals surface area contributed by atoms with Crippen molar-refractivity contribution in [1.82, 2.24) is 5.32 Å². The van der Waals surface area contributed by atoms with E-state index in [0.717, 1.165) is 103 Å². The summed E-state index contributed by atoms with van der Waals surface area (Å²) in [5.41, 5.74) is 0. The number of aliphatic hydroxyl groups excluding tert-OH is 2. The van der Waals surface area contributed by atoms with Crippen LogP contribution in [0.15, 0.2) is 72.9 Å². The van der Waals surface area contributed by atoms with Crippen LogP contribution in [-0.4, -0.2) is 46.9 Å². The molecule has 0 heterocycles. The zero-order valence-corrected chi connectivity index (χ0v) is 43.6. The van der Waals surface area contributed by atoms with Crippen molar-refractivity contribution in [3.8, 4) is 0 Å². The number of hydrogen-bond donors (Lipinski definition) is 3. The number of ether oxygens (including phenoxy) is 1. The molecule has 1 amide bonds. The minimum atomic E-state index is -0.801. The van der Waals surface area contributed by atoms with E-state index in [-0.39, 0.29) is 24.9 Å². The summed E-state index contributed by atoms with van der Waals surface area (Å²) in [4.78, 5) is 26.2. The number of rotatable bonds is 50. The van der Waals surface area contributed by atoms with E-state index >= 15 is 0 Å². The first-order chi connectivity index (χ1) is 32.5. The summed E-state index contributed by atoms with van der Waals surface area (Å²) in [6.07, 6.45) is 68.1. The zero-order chi connectivity index (χ0) is 48.1. The SMILES string of the molecule is CCCCC/C=C\C/C=C\C/C=C\CCCCCCC(CC(=O)NC(CO)C(O)CCCCCCCCCCCCCC)OC(=O)CCCCCCC/C=C/C=C/C=C/CCCCCCC. The van der Waals surface area contributed by atoms with Crippen LogP contribution in [0.25, 0.3) is 0 Å². The Hall–Kier alpha value is -2.70. The fourth-order valence-electron chi connectivity index (χ4n) is 8.26. The van der Waals surface area contributed by atoms with Gasteiger partial charge in [0.05, 0.1) is 25.2 Å². The Bertz CT molecular complexity index is 1220. The number of nitrogens with one attached hydrogen (secondary N) is 1. The van der Waals surface area contributed by atoms with Crippen molar-refractivity contribution in [2.75, 3.05) is 6.61 Å².